The Kier molecular flexibility index (Phi) is 3.27. The standard InChI is InChI=1S/C10H10FNO/c1-8(6-7-12)13-10-5-3-2-4-9(10)11/h2-5,8H,6H2,1H3. The van der Waals surface area contributed by atoms with Crippen molar-refractivity contribution in [3.8, 4) is 11.8 Å². The Bertz CT molecular complexity index is 319. The minimum atomic E-state index is -0.396. The second kappa shape index (κ2) is 4.46. The van der Waals surface area contributed by atoms with Crippen LogP contribution in [-0.2, 0) is 0 Å². The number of nitrogens with zero attached hydrogens (tertiary/aromatic N) is 1. The molecular weight excluding hydrogens is 169 g/mol. The van der Waals surface area contributed by atoms with E-state index < -0.39 is 5.82 Å². The Labute approximate surface area is 76.6 Å². The van der Waals surface area contributed by atoms with E-state index in [-0.39, 0.29) is 18.3 Å². The predicted molar refractivity (Wildman–Crippen MR) is 46.7 cm³/mol. The van der Waals surface area contributed by atoms with Gasteiger partial charge in [-0.25, -0.2) is 4.39 Å². The molecule has 2 nitrogen and oxygen atoms in total. The molecule has 1 aromatic rings. The second-order valence-corrected chi connectivity index (χ2v) is 2.72. The average molecular weight is 179 g/mol. The summed E-state index contributed by atoms with van der Waals surface area (Å²) in [6, 6.07) is 8.12. The summed E-state index contributed by atoms with van der Waals surface area (Å²) in [4.78, 5) is 0. The van der Waals surface area contributed by atoms with Gasteiger partial charge in [-0.05, 0) is 19.1 Å². The minimum Gasteiger partial charge on any atom is -0.487 e. The maximum Gasteiger partial charge on any atom is 0.165 e. The van der Waals surface area contributed by atoms with Gasteiger partial charge in [0.1, 0.15) is 6.10 Å². The molecule has 0 N–H and O–H groups in total. The van der Waals surface area contributed by atoms with E-state index in [2.05, 4.69) is 0 Å². The highest BCUT2D eigenvalue weighted by atomic mass is 19.1. The van der Waals surface area contributed by atoms with Gasteiger partial charge < -0.3 is 4.74 Å². The lowest BCUT2D eigenvalue weighted by molar-refractivity contribution is 0.217. The molecule has 0 aliphatic heterocycles. The molecule has 0 fully saturated rings. The lowest BCUT2D eigenvalue weighted by atomic mass is 10.3. The van der Waals surface area contributed by atoms with Gasteiger partial charge in [-0.3, -0.25) is 0 Å². The topological polar surface area (TPSA) is 33.0 Å². The van der Waals surface area contributed by atoms with Crippen LogP contribution in [0.2, 0.25) is 0 Å². The van der Waals surface area contributed by atoms with Gasteiger partial charge in [-0.15, -0.1) is 0 Å². The lowest BCUT2D eigenvalue weighted by Gasteiger charge is -2.11. The number of rotatable bonds is 3. The Morgan fingerprint density at radius 2 is 2.23 bits per heavy atom. The van der Waals surface area contributed by atoms with Crippen molar-refractivity contribution in [3.05, 3.63) is 30.1 Å². The Hall–Kier alpha value is -1.56. The van der Waals surface area contributed by atoms with Crippen LogP contribution < -0.4 is 4.74 Å². The summed E-state index contributed by atoms with van der Waals surface area (Å²) >= 11 is 0. The molecule has 1 rings (SSSR count). The smallest absolute Gasteiger partial charge is 0.165 e. The fraction of sp³-hybridized carbons (Fsp3) is 0.300. The molecule has 0 radical (unpaired) electrons. The van der Waals surface area contributed by atoms with Crippen LogP contribution in [0.25, 0.3) is 0 Å². The number of hydrogen-bond acceptors (Lipinski definition) is 2. The van der Waals surface area contributed by atoms with Crippen molar-refractivity contribution >= 4 is 0 Å². The highest BCUT2D eigenvalue weighted by Gasteiger charge is 2.06. The molecule has 0 heterocycles. The first kappa shape index (κ1) is 9.53. The minimum absolute atomic E-state index is 0.199. The number of hydrogen-bond donors (Lipinski definition) is 0. The third kappa shape index (κ3) is 2.75. The monoisotopic (exact) mass is 179 g/mol. The van der Waals surface area contributed by atoms with E-state index in [0.717, 1.165) is 0 Å². The summed E-state index contributed by atoms with van der Waals surface area (Å²) in [6.45, 7) is 1.73. The van der Waals surface area contributed by atoms with E-state index in [1.807, 2.05) is 6.07 Å². The van der Waals surface area contributed by atoms with E-state index >= 15 is 0 Å². The normalized spacial score (nSPS) is 11.8. The molecule has 1 aromatic carbocycles. The fourth-order valence-electron chi connectivity index (χ4n) is 0.927. The van der Waals surface area contributed by atoms with Crippen LogP contribution in [0.1, 0.15) is 13.3 Å². The van der Waals surface area contributed by atoms with Gasteiger partial charge >= 0.3 is 0 Å². The quantitative estimate of drug-likeness (QED) is 0.714. The van der Waals surface area contributed by atoms with E-state index in [9.17, 15) is 4.39 Å². The molecule has 1 unspecified atom stereocenters. The first-order chi connectivity index (χ1) is 6.24. The Morgan fingerprint density at radius 1 is 1.54 bits per heavy atom. The largest absolute Gasteiger partial charge is 0.487 e. The first-order valence-corrected chi connectivity index (χ1v) is 4.02. The molecule has 0 aromatic heterocycles. The number of halogens is 1. The number of ether oxygens (including phenoxy) is 1. The highest BCUT2D eigenvalue weighted by molar-refractivity contribution is 5.23. The molecule has 3 heteroatoms. The van der Waals surface area contributed by atoms with E-state index in [4.69, 9.17) is 10.00 Å². The zero-order chi connectivity index (χ0) is 9.68. The van der Waals surface area contributed by atoms with Crippen molar-refractivity contribution in [1.29, 1.82) is 5.26 Å². The van der Waals surface area contributed by atoms with Gasteiger partial charge in [0.25, 0.3) is 0 Å². The Morgan fingerprint density at radius 3 is 2.85 bits per heavy atom. The zero-order valence-corrected chi connectivity index (χ0v) is 7.33. The SMILES string of the molecule is CC(CC#N)Oc1ccccc1F. The lowest BCUT2D eigenvalue weighted by Crippen LogP contribution is -2.11. The van der Waals surface area contributed by atoms with E-state index in [1.165, 1.54) is 6.07 Å². The third-order valence-corrected chi connectivity index (χ3v) is 1.54. The van der Waals surface area contributed by atoms with Crippen molar-refractivity contribution in [3.63, 3.8) is 0 Å². The molecule has 0 bridgehead atoms. The summed E-state index contributed by atoms with van der Waals surface area (Å²) in [7, 11) is 0. The van der Waals surface area contributed by atoms with Crippen molar-refractivity contribution in [2.24, 2.45) is 0 Å². The average Bonchev–Trinajstić information content (AvgIpc) is 2.09. The molecule has 0 saturated heterocycles. The fourth-order valence-corrected chi connectivity index (χ4v) is 0.927. The maximum absolute atomic E-state index is 13.0. The van der Waals surface area contributed by atoms with Gasteiger partial charge in [0.05, 0.1) is 12.5 Å². The summed E-state index contributed by atoms with van der Waals surface area (Å²) in [5.74, 6) is -0.197. The second-order valence-electron chi connectivity index (χ2n) is 2.72. The van der Waals surface area contributed by atoms with Crippen molar-refractivity contribution in [1.82, 2.24) is 0 Å². The summed E-state index contributed by atoms with van der Waals surface area (Å²) in [5, 5.41) is 8.36. The van der Waals surface area contributed by atoms with Crippen LogP contribution in [0, 0.1) is 17.1 Å². The molecule has 0 saturated carbocycles. The molecule has 68 valence electrons. The molecule has 13 heavy (non-hydrogen) atoms. The highest BCUT2D eigenvalue weighted by Crippen LogP contribution is 2.17. The van der Waals surface area contributed by atoms with Crippen LogP contribution in [0.15, 0.2) is 24.3 Å². The molecule has 0 aliphatic carbocycles. The maximum atomic E-state index is 13.0. The van der Waals surface area contributed by atoms with Gasteiger partial charge in [0, 0.05) is 0 Å². The number of benzene rings is 1. The van der Waals surface area contributed by atoms with E-state index in [1.54, 1.807) is 25.1 Å². The van der Waals surface area contributed by atoms with Gasteiger partial charge in [0.2, 0.25) is 0 Å². The van der Waals surface area contributed by atoms with Gasteiger partial charge in [-0.2, -0.15) is 5.26 Å². The molecule has 0 amide bonds. The van der Waals surface area contributed by atoms with Crippen molar-refractivity contribution in [2.45, 2.75) is 19.4 Å². The van der Waals surface area contributed by atoms with Crippen LogP contribution in [0.4, 0.5) is 4.39 Å². The van der Waals surface area contributed by atoms with E-state index in [0.29, 0.717) is 0 Å². The van der Waals surface area contributed by atoms with Gasteiger partial charge in [0.15, 0.2) is 11.6 Å². The van der Waals surface area contributed by atoms with Crippen LogP contribution in [0.5, 0.6) is 5.75 Å². The molecule has 0 aliphatic rings. The number of para-hydroxylation sites is 1. The third-order valence-electron chi connectivity index (χ3n) is 1.54. The zero-order valence-electron chi connectivity index (χ0n) is 7.33. The molecule has 0 spiro atoms. The summed E-state index contributed by atoms with van der Waals surface area (Å²) < 4.78 is 18.2. The van der Waals surface area contributed by atoms with Crippen molar-refractivity contribution in [2.75, 3.05) is 0 Å². The summed E-state index contributed by atoms with van der Waals surface area (Å²) in [5.41, 5.74) is 0. The van der Waals surface area contributed by atoms with Crippen LogP contribution >= 0.6 is 0 Å². The van der Waals surface area contributed by atoms with Crippen molar-refractivity contribution < 1.29 is 9.13 Å². The molecular formula is C10H10FNO. The van der Waals surface area contributed by atoms with Gasteiger partial charge in [-0.1, -0.05) is 12.1 Å². The molecule has 1 atom stereocenters. The number of nitriles is 1. The van der Waals surface area contributed by atoms with Crippen LogP contribution in [0.3, 0.4) is 0 Å². The summed E-state index contributed by atoms with van der Waals surface area (Å²) in [6.07, 6.45) is -0.0178. The van der Waals surface area contributed by atoms with Crippen LogP contribution in [-0.4, -0.2) is 6.10 Å². The predicted octanol–water partition coefficient (Wildman–Crippen LogP) is 2.51. The first-order valence-electron chi connectivity index (χ1n) is 4.02. The Balaban J connectivity index is 2.64.